The molecule has 0 radical (unpaired) electrons. The maximum atomic E-state index is 10.6. The Morgan fingerprint density at radius 1 is 1.08 bits per heavy atom. The van der Waals surface area contributed by atoms with E-state index < -0.39 is 0 Å². The van der Waals surface area contributed by atoms with Gasteiger partial charge in [-0.15, -0.1) is 0 Å². The predicted octanol–water partition coefficient (Wildman–Crippen LogP) is 3.35. The molecule has 0 amide bonds. The van der Waals surface area contributed by atoms with Gasteiger partial charge in [-0.1, -0.05) is 39.7 Å². The number of allylic oxidation sites excluding steroid dienone is 2. The van der Waals surface area contributed by atoms with Crippen molar-refractivity contribution >= 4 is 6.29 Å². The van der Waals surface area contributed by atoms with Gasteiger partial charge in [-0.05, 0) is 29.7 Å². The summed E-state index contributed by atoms with van der Waals surface area (Å²) >= 11 is 0. The second-order valence-corrected chi connectivity index (χ2v) is 5.34. The van der Waals surface area contributed by atoms with Crippen LogP contribution in [0.5, 0.6) is 0 Å². The number of rotatable bonds is 1. The van der Waals surface area contributed by atoms with E-state index in [2.05, 4.69) is 27.7 Å². The smallest absolute Gasteiger partial charge is 0.142 e. The quantitative estimate of drug-likeness (QED) is 0.447. The van der Waals surface area contributed by atoms with Crippen LogP contribution in [0.2, 0.25) is 0 Å². The van der Waals surface area contributed by atoms with E-state index in [1.165, 1.54) is 24.8 Å². The molecule has 1 nitrogen and oxygen atoms in total. The second kappa shape index (κ2) is 3.28. The van der Waals surface area contributed by atoms with Crippen LogP contribution >= 0.6 is 0 Å². The number of hydrogen-bond acceptors (Lipinski definition) is 1. The Morgan fingerprint density at radius 2 is 1.54 bits per heavy atom. The molecule has 0 aromatic rings. The summed E-state index contributed by atoms with van der Waals surface area (Å²) in [4.78, 5) is 10.6. The van der Waals surface area contributed by atoms with Crippen molar-refractivity contribution in [3.63, 3.8) is 0 Å². The van der Waals surface area contributed by atoms with E-state index in [-0.39, 0.29) is 10.8 Å². The van der Waals surface area contributed by atoms with Crippen molar-refractivity contribution in [3.8, 4) is 0 Å². The molecule has 13 heavy (non-hydrogen) atoms. The van der Waals surface area contributed by atoms with Crippen LogP contribution in [0.25, 0.3) is 0 Å². The van der Waals surface area contributed by atoms with Crippen LogP contribution < -0.4 is 0 Å². The number of carbonyl (C=O) groups is 1. The van der Waals surface area contributed by atoms with Crippen LogP contribution in [0, 0.1) is 10.8 Å². The second-order valence-electron chi connectivity index (χ2n) is 5.34. The Morgan fingerprint density at radius 3 is 1.92 bits per heavy atom. The van der Waals surface area contributed by atoms with Gasteiger partial charge in [0.15, 0.2) is 0 Å². The van der Waals surface area contributed by atoms with Gasteiger partial charge < -0.3 is 0 Å². The molecule has 0 atom stereocenters. The van der Waals surface area contributed by atoms with Gasteiger partial charge in [0.2, 0.25) is 0 Å². The van der Waals surface area contributed by atoms with E-state index in [9.17, 15) is 4.79 Å². The highest BCUT2D eigenvalue weighted by Crippen LogP contribution is 2.49. The topological polar surface area (TPSA) is 17.1 Å². The normalized spacial score (nSPS) is 25.4. The third-order valence-corrected chi connectivity index (χ3v) is 3.30. The van der Waals surface area contributed by atoms with Crippen molar-refractivity contribution < 1.29 is 4.79 Å². The minimum Gasteiger partial charge on any atom is -0.299 e. The van der Waals surface area contributed by atoms with E-state index in [4.69, 9.17) is 0 Å². The van der Waals surface area contributed by atoms with Crippen LogP contribution in [0.3, 0.4) is 0 Å². The molecule has 0 aromatic heterocycles. The van der Waals surface area contributed by atoms with Crippen LogP contribution in [-0.4, -0.2) is 6.29 Å². The third-order valence-electron chi connectivity index (χ3n) is 3.30. The van der Waals surface area contributed by atoms with Crippen LogP contribution in [0.15, 0.2) is 11.6 Å². The van der Waals surface area contributed by atoms with Gasteiger partial charge in [-0.3, -0.25) is 4.79 Å². The fourth-order valence-electron chi connectivity index (χ4n) is 2.68. The summed E-state index contributed by atoms with van der Waals surface area (Å²) in [5.74, 6) is 0. The highest BCUT2D eigenvalue weighted by atomic mass is 16.1. The van der Waals surface area contributed by atoms with E-state index in [0.717, 1.165) is 6.29 Å². The first kappa shape index (κ1) is 10.5. The Balaban J connectivity index is 3.05. The van der Waals surface area contributed by atoms with Gasteiger partial charge >= 0.3 is 0 Å². The van der Waals surface area contributed by atoms with Gasteiger partial charge in [-0.25, -0.2) is 0 Å². The molecule has 1 fully saturated rings. The summed E-state index contributed by atoms with van der Waals surface area (Å²) in [7, 11) is 0. The maximum absolute atomic E-state index is 10.6. The first-order valence-electron chi connectivity index (χ1n) is 5.06. The van der Waals surface area contributed by atoms with Crippen molar-refractivity contribution in [2.45, 2.75) is 47.0 Å². The van der Waals surface area contributed by atoms with Crippen LogP contribution in [-0.2, 0) is 4.79 Å². The molecular formula is C12H20O. The zero-order valence-electron chi connectivity index (χ0n) is 9.18. The molecule has 0 aliphatic heterocycles. The van der Waals surface area contributed by atoms with Gasteiger partial charge in [0, 0.05) is 0 Å². The molecule has 0 heterocycles. The third kappa shape index (κ3) is 2.01. The maximum Gasteiger partial charge on any atom is 0.142 e. The lowest BCUT2D eigenvalue weighted by atomic mass is 9.61. The summed E-state index contributed by atoms with van der Waals surface area (Å²) in [6.07, 6.45) is 6.39. The zero-order chi connectivity index (χ0) is 10.1. The van der Waals surface area contributed by atoms with Crippen LogP contribution in [0.1, 0.15) is 47.0 Å². The monoisotopic (exact) mass is 180 g/mol. The largest absolute Gasteiger partial charge is 0.299 e. The SMILES string of the molecule is CC1(C)CCCC(C)(C)C1=CC=O. The first-order valence-corrected chi connectivity index (χ1v) is 5.06. The average molecular weight is 180 g/mol. The van der Waals surface area contributed by atoms with Crippen molar-refractivity contribution in [2.75, 3.05) is 0 Å². The number of aldehydes is 1. The summed E-state index contributed by atoms with van der Waals surface area (Å²) in [6, 6.07) is 0. The standard InChI is InChI=1S/C12H20O/c1-11(2)7-5-8-12(3,4)10(11)6-9-13/h6,9H,5,7-8H2,1-4H3. The van der Waals surface area contributed by atoms with E-state index >= 15 is 0 Å². The molecular weight excluding hydrogens is 160 g/mol. The van der Waals surface area contributed by atoms with Gasteiger partial charge in [0.05, 0.1) is 0 Å². The van der Waals surface area contributed by atoms with Gasteiger partial charge in [0.1, 0.15) is 6.29 Å². The molecule has 1 aliphatic rings. The van der Waals surface area contributed by atoms with E-state index in [1.807, 2.05) is 0 Å². The molecule has 0 spiro atoms. The lowest BCUT2D eigenvalue weighted by Crippen LogP contribution is -2.32. The highest BCUT2D eigenvalue weighted by molar-refractivity contribution is 5.67. The van der Waals surface area contributed by atoms with E-state index in [0.29, 0.717) is 0 Å². The molecule has 1 aliphatic carbocycles. The molecule has 0 bridgehead atoms. The van der Waals surface area contributed by atoms with Crippen molar-refractivity contribution in [3.05, 3.63) is 11.6 Å². The summed E-state index contributed by atoms with van der Waals surface area (Å²) in [5.41, 5.74) is 1.74. The molecule has 0 saturated heterocycles. The lowest BCUT2D eigenvalue weighted by molar-refractivity contribution is -0.104. The molecule has 0 aromatic carbocycles. The Labute approximate surface area is 81.2 Å². The van der Waals surface area contributed by atoms with Crippen molar-refractivity contribution in [1.29, 1.82) is 0 Å². The molecule has 1 rings (SSSR count). The fraction of sp³-hybridized carbons (Fsp3) is 0.750. The number of carbonyl (C=O) groups excluding carboxylic acids is 1. The Kier molecular flexibility index (Phi) is 2.65. The summed E-state index contributed by atoms with van der Waals surface area (Å²) < 4.78 is 0. The highest BCUT2D eigenvalue weighted by Gasteiger charge is 2.37. The summed E-state index contributed by atoms with van der Waals surface area (Å²) in [6.45, 7) is 8.96. The lowest BCUT2D eigenvalue weighted by Gasteiger charge is -2.43. The molecule has 0 unspecified atom stereocenters. The van der Waals surface area contributed by atoms with E-state index in [1.54, 1.807) is 6.08 Å². The van der Waals surface area contributed by atoms with Crippen LogP contribution in [0.4, 0.5) is 0 Å². The molecule has 1 heteroatoms. The first-order chi connectivity index (χ1) is 5.90. The van der Waals surface area contributed by atoms with Crippen molar-refractivity contribution in [2.24, 2.45) is 10.8 Å². The minimum atomic E-state index is 0.211. The summed E-state index contributed by atoms with van der Waals surface area (Å²) in [5, 5.41) is 0. The van der Waals surface area contributed by atoms with Gasteiger partial charge in [0.25, 0.3) is 0 Å². The van der Waals surface area contributed by atoms with Crippen molar-refractivity contribution in [1.82, 2.24) is 0 Å². The average Bonchev–Trinajstić information content (AvgIpc) is 1.96. The molecule has 0 N–H and O–H groups in total. The Bertz CT molecular complexity index is 216. The number of hydrogen-bond donors (Lipinski definition) is 0. The fourth-order valence-corrected chi connectivity index (χ4v) is 2.68. The Hall–Kier alpha value is -0.590. The minimum absolute atomic E-state index is 0.211. The molecule has 74 valence electrons. The predicted molar refractivity (Wildman–Crippen MR) is 55.6 cm³/mol. The molecule has 1 saturated carbocycles. The van der Waals surface area contributed by atoms with Gasteiger partial charge in [-0.2, -0.15) is 0 Å². The zero-order valence-corrected chi connectivity index (χ0v) is 9.18.